The van der Waals surface area contributed by atoms with Crippen LogP contribution in [0.1, 0.15) is 31.0 Å². The minimum absolute atomic E-state index is 0.279. The summed E-state index contributed by atoms with van der Waals surface area (Å²) in [6.45, 7) is 7.53. The van der Waals surface area contributed by atoms with Crippen LogP contribution in [-0.2, 0) is 6.54 Å². The van der Waals surface area contributed by atoms with E-state index < -0.39 is 0 Å². The van der Waals surface area contributed by atoms with Crippen molar-refractivity contribution in [2.75, 3.05) is 33.9 Å². The Labute approximate surface area is 166 Å². The molecule has 2 rings (SSSR count). The molecular weight excluding hydrogens is 360 g/mol. The number of likely N-dealkylation sites (N-methyl/N-ethyl adjacent to an activating group) is 1. The Kier molecular flexibility index (Phi) is 8.42. The third kappa shape index (κ3) is 5.87. The zero-order valence-corrected chi connectivity index (χ0v) is 17.4. The van der Waals surface area contributed by atoms with E-state index in [0.717, 1.165) is 25.2 Å². The molecule has 1 atom stereocenters. The number of nitrogens with zero attached hydrogens (tertiary/aromatic N) is 2. The fourth-order valence-corrected chi connectivity index (χ4v) is 3.71. The van der Waals surface area contributed by atoms with E-state index in [1.807, 2.05) is 18.2 Å². The molecule has 0 bridgehead atoms. The van der Waals surface area contributed by atoms with Crippen molar-refractivity contribution in [3.8, 4) is 11.5 Å². The first-order chi connectivity index (χ1) is 13.1. The van der Waals surface area contributed by atoms with E-state index in [4.69, 9.17) is 15.2 Å². The number of hydrogen-bond donors (Lipinski definition) is 2. The van der Waals surface area contributed by atoms with Crippen LogP contribution in [0.15, 0.2) is 40.0 Å². The first-order valence-electron chi connectivity index (χ1n) is 9.13. The summed E-state index contributed by atoms with van der Waals surface area (Å²) in [5.74, 6) is 1.84. The van der Waals surface area contributed by atoms with Crippen LogP contribution in [-0.4, -0.2) is 44.7 Å². The third-order valence-electron chi connectivity index (χ3n) is 4.54. The van der Waals surface area contributed by atoms with Crippen LogP contribution in [0.3, 0.4) is 0 Å². The van der Waals surface area contributed by atoms with Crippen LogP contribution >= 0.6 is 11.3 Å². The average molecular weight is 391 g/mol. The van der Waals surface area contributed by atoms with E-state index in [9.17, 15) is 0 Å². The topological polar surface area (TPSA) is 72.1 Å². The van der Waals surface area contributed by atoms with E-state index in [0.29, 0.717) is 24.0 Å². The Morgan fingerprint density at radius 1 is 1.19 bits per heavy atom. The number of nitrogens with one attached hydrogen (secondary N) is 1. The monoisotopic (exact) mass is 390 g/mol. The lowest BCUT2D eigenvalue weighted by atomic mass is 10.1. The van der Waals surface area contributed by atoms with Crippen LogP contribution in [0.2, 0.25) is 0 Å². The molecule has 6 nitrogen and oxygen atoms in total. The Bertz CT molecular complexity index is 715. The molecular formula is C20H30N4O2S. The Morgan fingerprint density at radius 2 is 1.93 bits per heavy atom. The minimum atomic E-state index is 0.279. The molecule has 0 aliphatic rings. The maximum Gasteiger partial charge on any atom is 0.188 e. The number of ether oxygens (including phenoxy) is 2. The highest BCUT2D eigenvalue weighted by atomic mass is 32.1. The van der Waals surface area contributed by atoms with Gasteiger partial charge in [-0.1, -0.05) is 19.9 Å². The summed E-state index contributed by atoms with van der Waals surface area (Å²) in [4.78, 5) is 6.87. The van der Waals surface area contributed by atoms with Crippen LogP contribution in [0.5, 0.6) is 11.5 Å². The number of guanidine groups is 1. The molecule has 1 unspecified atom stereocenters. The van der Waals surface area contributed by atoms with Crippen molar-refractivity contribution in [2.24, 2.45) is 10.7 Å². The van der Waals surface area contributed by atoms with Gasteiger partial charge in [0.1, 0.15) is 0 Å². The minimum Gasteiger partial charge on any atom is -0.493 e. The number of nitrogens with two attached hydrogens (primary N) is 1. The highest BCUT2D eigenvalue weighted by Gasteiger charge is 2.18. The normalized spacial score (nSPS) is 12.9. The molecule has 0 saturated heterocycles. The van der Waals surface area contributed by atoms with Gasteiger partial charge in [0.15, 0.2) is 17.5 Å². The zero-order chi connectivity index (χ0) is 19.6. The molecule has 0 spiro atoms. The molecule has 0 saturated carbocycles. The predicted octanol–water partition coefficient (Wildman–Crippen LogP) is 3.25. The number of thiophene rings is 1. The molecule has 1 aromatic heterocycles. The lowest BCUT2D eigenvalue weighted by Gasteiger charge is -2.29. The lowest BCUT2D eigenvalue weighted by molar-refractivity contribution is 0.219. The van der Waals surface area contributed by atoms with Gasteiger partial charge in [0.25, 0.3) is 0 Å². The van der Waals surface area contributed by atoms with Crippen LogP contribution < -0.4 is 20.5 Å². The molecule has 27 heavy (non-hydrogen) atoms. The van der Waals surface area contributed by atoms with E-state index in [-0.39, 0.29) is 6.04 Å². The van der Waals surface area contributed by atoms with Crippen LogP contribution in [0, 0.1) is 0 Å². The van der Waals surface area contributed by atoms with E-state index in [1.54, 1.807) is 25.6 Å². The van der Waals surface area contributed by atoms with Gasteiger partial charge >= 0.3 is 0 Å². The van der Waals surface area contributed by atoms with Crippen molar-refractivity contribution in [2.45, 2.75) is 26.4 Å². The van der Waals surface area contributed by atoms with Crippen LogP contribution in [0.25, 0.3) is 0 Å². The van der Waals surface area contributed by atoms with Gasteiger partial charge in [0.2, 0.25) is 0 Å². The number of benzene rings is 1. The largest absolute Gasteiger partial charge is 0.493 e. The van der Waals surface area contributed by atoms with Crippen LogP contribution in [0.4, 0.5) is 0 Å². The second kappa shape index (κ2) is 10.8. The van der Waals surface area contributed by atoms with E-state index in [2.05, 4.69) is 45.9 Å². The van der Waals surface area contributed by atoms with Gasteiger partial charge in [-0.25, -0.2) is 4.99 Å². The maximum absolute atomic E-state index is 6.10. The van der Waals surface area contributed by atoms with Gasteiger partial charge in [-0.2, -0.15) is 11.3 Å². The summed E-state index contributed by atoms with van der Waals surface area (Å²) < 4.78 is 10.6. The van der Waals surface area contributed by atoms with Crippen molar-refractivity contribution in [1.29, 1.82) is 0 Å². The van der Waals surface area contributed by atoms with Crippen molar-refractivity contribution < 1.29 is 9.47 Å². The smallest absolute Gasteiger partial charge is 0.188 e. The van der Waals surface area contributed by atoms with E-state index in [1.165, 1.54) is 5.56 Å². The Morgan fingerprint density at radius 3 is 2.52 bits per heavy atom. The second-order valence-electron chi connectivity index (χ2n) is 6.07. The molecule has 0 aliphatic heterocycles. The number of hydrogen-bond acceptors (Lipinski definition) is 5. The highest BCUT2D eigenvalue weighted by Crippen LogP contribution is 2.27. The molecule has 0 amide bonds. The summed E-state index contributed by atoms with van der Waals surface area (Å²) in [7, 11) is 3.25. The average Bonchev–Trinajstić information content (AvgIpc) is 3.23. The molecule has 1 heterocycles. The Balaban J connectivity index is 1.99. The third-order valence-corrected chi connectivity index (χ3v) is 5.24. The van der Waals surface area contributed by atoms with Gasteiger partial charge in [0, 0.05) is 6.54 Å². The molecule has 0 aliphatic carbocycles. The van der Waals surface area contributed by atoms with Crippen molar-refractivity contribution in [3.63, 3.8) is 0 Å². The summed E-state index contributed by atoms with van der Waals surface area (Å²) in [5.41, 5.74) is 8.42. The van der Waals surface area contributed by atoms with Gasteiger partial charge in [0.05, 0.1) is 26.8 Å². The summed E-state index contributed by atoms with van der Waals surface area (Å²) in [5, 5.41) is 7.58. The van der Waals surface area contributed by atoms with Gasteiger partial charge in [-0.15, -0.1) is 0 Å². The van der Waals surface area contributed by atoms with Gasteiger partial charge < -0.3 is 20.5 Å². The van der Waals surface area contributed by atoms with E-state index >= 15 is 0 Å². The predicted molar refractivity (Wildman–Crippen MR) is 113 cm³/mol. The molecule has 3 N–H and O–H groups in total. The molecule has 1 aromatic carbocycles. The van der Waals surface area contributed by atoms with Gasteiger partial charge in [-0.05, 0) is 53.2 Å². The fourth-order valence-electron chi connectivity index (χ4n) is 3.00. The lowest BCUT2D eigenvalue weighted by Crippen LogP contribution is -2.40. The quantitative estimate of drug-likeness (QED) is 0.481. The summed E-state index contributed by atoms with van der Waals surface area (Å²) in [6.07, 6.45) is 0. The van der Waals surface area contributed by atoms with Crippen molar-refractivity contribution >= 4 is 17.3 Å². The number of aliphatic imine (C=N–C) groups is 1. The van der Waals surface area contributed by atoms with Crippen molar-refractivity contribution in [3.05, 3.63) is 46.2 Å². The second-order valence-corrected chi connectivity index (χ2v) is 6.85. The fraction of sp³-hybridized carbons (Fsp3) is 0.450. The molecule has 0 radical (unpaired) electrons. The standard InChI is InChI=1S/C20H30N4O2S/c1-5-24(6-2)17(16-9-10-27-14-16)13-23-20(21)22-12-15-7-8-18(25-3)19(11-15)26-4/h7-11,14,17H,5-6,12-13H2,1-4H3,(H3,21,22,23). The van der Waals surface area contributed by atoms with Crippen molar-refractivity contribution in [1.82, 2.24) is 10.2 Å². The molecule has 7 heteroatoms. The molecule has 0 fully saturated rings. The first kappa shape index (κ1) is 21.1. The SMILES string of the molecule is CCN(CC)C(CNC(N)=NCc1ccc(OC)c(OC)c1)c1ccsc1. The highest BCUT2D eigenvalue weighted by molar-refractivity contribution is 7.07. The number of rotatable bonds is 10. The molecule has 148 valence electrons. The van der Waals surface area contributed by atoms with Gasteiger partial charge in [-0.3, -0.25) is 4.90 Å². The zero-order valence-electron chi connectivity index (χ0n) is 16.6. The maximum atomic E-state index is 6.10. The summed E-state index contributed by atoms with van der Waals surface area (Å²) >= 11 is 1.72. The number of methoxy groups -OCH3 is 2. The Hall–Kier alpha value is -2.25. The summed E-state index contributed by atoms with van der Waals surface area (Å²) in [6, 6.07) is 8.20. The first-order valence-corrected chi connectivity index (χ1v) is 10.1. The molecule has 2 aromatic rings.